The lowest BCUT2D eigenvalue weighted by Gasteiger charge is -2.04. The van der Waals surface area contributed by atoms with Crippen LogP contribution in [0.3, 0.4) is 0 Å². The summed E-state index contributed by atoms with van der Waals surface area (Å²) in [7, 11) is 0. The van der Waals surface area contributed by atoms with Gasteiger partial charge in [0, 0.05) is 10.1 Å². The fraction of sp³-hybridized carbons (Fsp3) is 0.222. The molecule has 0 bridgehead atoms. The van der Waals surface area contributed by atoms with Crippen molar-refractivity contribution in [3.63, 3.8) is 0 Å². The standard InChI is InChI=1S/C9H10ClS/c1-7(2)11-9-6-4-3-5-8(9)10/h3-6H,1-2H3. The zero-order valence-electron chi connectivity index (χ0n) is 6.60. The average molecular weight is 186 g/mol. The van der Waals surface area contributed by atoms with Gasteiger partial charge in [0.15, 0.2) is 0 Å². The Morgan fingerprint density at radius 3 is 2.45 bits per heavy atom. The molecule has 0 spiro atoms. The molecule has 0 amide bonds. The van der Waals surface area contributed by atoms with Crippen molar-refractivity contribution in [1.29, 1.82) is 0 Å². The molecule has 0 aliphatic rings. The maximum absolute atomic E-state index is 5.93. The molecule has 0 atom stereocenters. The maximum Gasteiger partial charge on any atom is 0.0542 e. The van der Waals surface area contributed by atoms with Gasteiger partial charge in [0.2, 0.25) is 0 Å². The molecule has 0 aliphatic carbocycles. The van der Waals surface area contributed by atoms with Crippen molar-refractivity contribution < 1.29 is 0 Å². The Morgan fingerprint density at radius 2 is 1.91 bits per heavy atom. The molecule has 0 aromatic heterocycles. The van der Waals surface area contributed by atoms with Crippen LogP contribution in [0, 0.1) is 5.25 Å². The second-order valence-electron chi connectivity index (χ2n) is 2.44. The monoisotopic (exact) mass is 185 g/mol. The van der Waals surface area contributed by atoms with Crippen molar-refractivity contribution in [2.45, 2.75) is 18.7 Å². The van der Waals surface area contributed by atoms with Gasteiger partial charge < -0.3 is 0 Å². The molecule has 0 saturated carbocycles. The van der Waals surface area contributed by atoms with Crippen molar-refractivity contribution in [1.82, 2.24) is 0 Å². The van der Waals surface area contributed by atoms with E-state index in [9.17, 15) is 0 Å². The van der Waals surface area contributed by atoms with Crippen LogP contribution in [-0.4, -0.2) is 0 Å². The molecule has 0 aliphatic heterocycles. The normalized spacial score (nSPS) is 10.5. The minimum atomic E-state index is 0.832. The predicted octanol–water partition coefficient (Wildman–Crippen LogP) is 4.00. The third-order valence-corrected chi connectivity index (χ3v) is 2.58. The summed E-state index contributed by atoms with van der Waals surface area (Å²) in [6.45, 7) is 4.15. The molecular weight excluding hydrogens is 176 g/mol. The highest BCUT2D eigenvalue weighted by molar-refractivity contribution is 8.02. The second-order valence-corrected chi connectivity index (χ2v) is 4.31. The first-order valence-electron chi connectivity index (χ1n) is 3.42. The summed E-state index contributed by atoms with van der Waals surface area (Å²) >= 11 is 7.64. The van der Waals surface area contributed by atoms with Crippen LogP contribution >= 0.6 is 23.4 Å². The molecule has 0 nitrogen and oxygen atoms in total. The van der Waals surface area contributed by atoms with E-state index in [1.807, 2.05) is 24.3 Å². The fourth-order valence-corrected chi connectivity index (χ4v) is 1.75. The highest BCUT2D eigenvalue weighted by Gasteiger charge is 2.01. The summed E-state index contributed by atoms with van der Waals surface area (Å²) in [5.74, 6) is 0. The molecule has 0 N–H and O–H groups in total. The van der Waals surface area contributed by atoms with E-state index in [-0.39, 0.29) is 0 Å². The summed E-state index contributed by atoms with van der Waals surface area (Å²) in [6, 6.07) is 7.88. The Morgan fingerprint density at radius 1 is 1.27 bits per heavy atom. The molecule has 1 aromatic rings. The Balaban J connectivity index is 2.78. The van der Waals surface area contributed by atoms with Crippen molar-refractivity contribution >= 4 is 23.4 Å². The van der Waals surface area contributed by atoms with Crippen LogP contribution in [0.2, 0.25) is 5.02 Å². The smallest absolute Gasteiger partial charge is 0.0542 e. The van der Waals surface area contributed by atoms with Gasteiger partial charge in [0.05, 0.1) is 5.02 Å². The summed E-state index contributed by atoms with van der Waals surface area (Å²) in [4.78, 5) is 1.13. The fourth-order valence-electron chi connectivity index (χ4n) is 0.747. The van der Waals surface area contributed by atoms with Gasteiger partial charge in [-0.25, -0.2) is 0 Å². The van der Waals surface area contributed by atoms with Gasteiger partial charge in [0.1, 0.15) is 0 Å². The van der Waals surface area contributed by atoms with E-state index < -0.39 is 0 Å². The maximum atomic E-state index is 5.93. The first-order valence-corrected chi connectivity index (χ1v) is 4.62. The highest BCUT2D eigenvalue weighted by Crippen LogP contribution is 2.32. The third-order valence-electron chi connectivity index (χ3n) is 1.15. The van der Waals surface area contributed by atoms with E-state index in [1.165, 1.54) is 5.25 Å². The number of rotatable bonds is 2. The molecule has 11 heavy (non-hydrogen) atoms. The lowest BCUT2D eigenvalue weighted by molar-refractivity contribution is 1.32. The number of benzene rings is 1. The summed E-state index contributed by atoms with van der Waals surface area (Å²) < 4.78 is 0. The Labute approximate surface area is 77.0 Å². The number of hydrogen-bond acceptors (Lipinski definition) is 1. The second kappa shape index (κ2) is 4.03. The van der Waals surface area contributed by atoms with E-state index in [4.69, 9.17) is 11.6 Å². The van der Waals surface area contributed by atoms with Gasteiger partial charge in [-0.3, -0.25) is 0 Å². The van der Waals surface area contributed by atoms with Crippen molar-refractivity contribution in [3.8, 4) is 0 Å². The van der Waals surface area contributed by atoms with Crippen molar-refractivity contribution in [2.75, 3.05) is 0 Å². The van der Waals surface area contributed by atoms with E-state index >= 15 is 0 Å². The molecule has 1 aromatic carbocycles. The van der Waals surface area contributed by atoms with Crippen molar-refractivity contribution in [3.05, 3.63) is 34.5 Å². The summed E-state index contributed by atoms with van der Waals surface area (Å²) in [6.07, 6.45) is 0. The Kier molecular flexibility index (Phi) is 3.28. The minimum Gasteiger partial charge on any atom is -0.117 e. The molecule has 0 heterocycles. The summed E-state index contributed by atoms with van der Waals surface area (Å²) in [5, 5.41) is 2.14. The van der Waals surface area contributed by atoms with Crippen LogP contribution in [0.25, 0.3) is 0 Å². The SMILES string of the molecule is C[C](C)Sc1ccccc1Cl. The average Bonchev–Trinajstić information content (AvgIpc) is 1.93. The van der Waals surface area contributed by atoms with Crippen LogP contribution in [0.4, 0.5) is 0 Å². The summed E-state index contributed by atoms with van der Waals surface area (Å²) in [5.41, 5.74) is 0. The first kappa shape index (κ1) is 8.95. The van der Waals surface area contributed by atoms with Gasteiger partial charge in [0.25, 0.3) is 0 Å². The molecule has 59 valence electrons. The zero-order chi connectivity index (χ0) is 8.27. The predicted molar refractivity (Wildman–Crippen MR) is 51.9 cm³/mol. The first-order chi connectivity index (χ1) is 5.20. The Bertz CT molecular complexity index is 233. The van der Waals surface area contributed by atoms with Crippen LogP contribution in [-0.2, 0) is 0 Å². The molecule has 0 saturated heterocycles. The van der Waals surface area contributed by atoms with E-state index in [1.54, 1.807) is 11.8 Å². The molecule has 1 rings (SSSR count). The number of thioether (sulfide) groups is 1. The van der Waals surface area contributed by atoms with Crippen LogP contribution in [0.1, 0.15) is 13.8 Å². The van der Waals surface area contributed by atoms with E-state index in [2.05, 4.69) is 13.8 Å². The number of halogens is 1. The third kappa shape index (κ3) is 2.76. The minimum absolute atomic E-state index is 0.832. The molecular formula is C9H10ClS. The van der Waals surface area contributed by atoms with Gasteiger partial charge in [-0.2, -0.15) is 0 Å². The molecule has 1 radical (unpaired) electrons. The van der Waals surface area contributed by atoms with Crippen LogP contribution < -0.4 is 0 Å². The lowest BCUT2D eigenvalue weighted by atomic mass is 10.4. The van der Waals surface area contributed by atoms with Crippen molar-refractivity contribution in [2.24, 2.45) is 0 Å². The largest absolute Gasteiger partial charge is 0.117 e. The molecule has 0 fully saturated rings. The van der Waals surface area contributed by atoms with E-state index in [0.29, 0.717) is 0 Å². The topological polar surface area (TPSA) is 0 Å². The van der Waals surface area contributed by atoms with Gasteiger partial charge in [-0.15, -0.1) is 11.8 Å². The lowest BCUT2D eigenvalue weighted by Crippen LogP contribution is -1.77. The van der Waals surface area contributed by atoms with E-state index in [0.717, 1.165) is 9.92 Å². The van der Waals surface area contributed by atoms with Gasteiger partial charge >= 0.3 is 0 Å². The van der Waals surface area contributed by atoms with Gasteiger partial charge in [-0.05, 0) is 26.0 Å². The van der Waals surface area contributed by atoms with Crippen LogP contribution in [0.15, 0.2) is 29.2 Å². The quantitative estimate of drug-likeness (QED) is 0.628. The highest BCUT2D eigenvalue weighted by atomic mass is 35.5. The number of hydrogen-bond donors (Lipinski definition) is 0. The van der Waals surface area contributed by atoms with Crippen LogP contribution in [0.5, 0.6) is 0 Å². The molecule has 2 heteroatoms. The molecule has 0 unspecified atom stereocenters. The zero-order valence-corrected chi connectivity index (χ0v) is 8.17. The van der Waals surface area contributed by atoms with Gasteiger partial charge in [-0.1, -0.05) is 23.7 Å². The Hall–Kier alpha value is -0.140.